The Hall–Kier alpha value is -3.18. The van der Waals surface area contributed by atoms with E-state index in [1.54, 1.807) is 0 Å². The Morgan fingerprint density at radius 1 is 0.828 bits per heavy atom. The van der Waals surface area contributed by atoms with Crippen LogP contribution in [0.4, 0.5) is 11.4 Å². The molecule has 1 aromatic heterocycles. The van der Waals surface area contributed by atoms with E-state index in [1.165, 1.54) is 16.2 Å². The molecule has 1 aliphatic rings. The first-order valence-corrected chi connectivity index (χ1v) is 10.3. The van der Waals surface area contributed by atoms with Gasteiger partial charge >= 0.3 is 0 Å². The molecule has 0 aliphatic carbocycles. The summed E-state index contributed by atoms with van der Waals surface area (Å²) in [4.78, 5) is 28.8. The Kier molecular flexibility index (Phi) is 4.84. The quantitative estimate of drug-likeness (QED) is 0.596. The van der Waals surface area contributed by atoms with Gasteiger partial charge in [0.05, 0.1) is 11.3 Å². The molecule has 0 spiro atoms. The van der Waals surface area contributed by atoms with E-state index in [1.807, 2.05) is 75.5 Å². The van der Waals surface area contributed by atoms with E-state index in [2.05, 4.69) is 11.4 Å². The molecule has 3 aromatic rings. The van der Waals surface area contributed by atoms with E-state index >= 15 is 0 Å². The van der Waals surface area contributed by atoms with Crippen molar-refractivity contribution in [1.82, 2.24) is 0 Å². The number of hydrogen-bond donors (Lipinski definition) is 1. The zero-order chi connectivity index (χ0) is 20.7. The number of hydrogen-bond acceptors (Lipinski definition) is 4. The number of anilines is 2. The van der Waals surface area contributed by atoms with E-state index in [0.29, 0.717) is 17.0 Å². The van der Waals surface area contributed by atoms with Gasteiger partial charge in [-0.05, 0) is 74.0 Å². The molecule has 5 heteroatoms. The van der Waals surface area contributed by atoms with Crippen LogP contribution < -0.4 is 10.2 Å². The molecular weight excluding hydrogens is 380 g/mol. The Morgan fingerprint density at radius 2 is 1.62 bits per heavy atom. The Balaban J connectivity index is 1.81. The van der Waals surface area contributed by atoms with E-state index in [9.17, 15) is 9.59 Å². The summed E-state index contributed by atoms with van der Waals surface area (Å²) in [6.45, 7) is 8.00. The highest BCUT2D eigenvalue weighted by Crippen LogP contribution is 2.36. The Bertz CT molecular complexity index is 1160. The topological polar surface area (TPSA) is 49.4 Å². The molecule has 2 amide bonds. The number of carbonyl (C=O) groups excluding carboxylic acids is 2. The van der Waals surface area contributed by atoms with Gasteiger partial charge in [0.15, 0.2) is 0 Å². The van der Waals surface area contributed by atoms with Crippen LogP contribution in [-0.4, -0.2) is 11.8 Å². The van der Waals surface area contributed by atoms with Crippen molar-refractivity contribution < 1.29 is 9.59 Å². The average molecular weight is 403 g/mol. The summed E-state index contributed by atoms with van der Waals surface area (Å²) in [5.74, 6) is -0.630. The van der Waals surface area contributed by atoms with Gasteiger partial charge in [-0.25, -0.2) is 4.90 Å². The van der Waals surface area contributed by atoms with E-state index in [0.717, 1.165) is 32.8 Å². The van der Waals surface area contributed by atoms with Crippen LogP contribution in [0.1, 0.15) is 27.1 Å². The number of thiophene rings is 1. The molecule has 1 N–H and O–H groups in total. The second kappa shape index (κ2) is 7.33. The van der Waals surface area contributed by atoms with Crippen molar-refractivity contribution in [3.8, 4) is 0 Å². The highest BCUT2D eigenvalue weighted by molar-refractivity contribution is 7.11. The third kappa shape index (κ3) is 3.38. The van der Waals surface area contributed by atoms with E-state index in [4.69, 9.17) is 0 Å². The van der Waals surface area contributed by atoms with Crippen molar-refractivity contribution in [2.45, 2.75) is 27.7 Å². The number of amides is 2. The summed E-state index contributed by atoms with van der Waals surface area (Å²) in [6, 6.07) is 15.4. The number of nitrogens with one attached hydrogen (secondary N) is 1. The van der Waals surface area contributed by atoms with Gasteiger partial charge in [0, 0.05) is 10.6 Å². The SMILES string of the molecule is Cc1ccc(NC2=C(c3cccs3)C(=O)N(c3ccc(C)c(C)c3)C2=O)c(C)c1. The summed E-state index contributed by atoms with van der Waals surface area (Å²) < 4.78 is 0. The summed E-state index contributed by atoms with van der Waals surface area (Å²) in [6.07, 6.45) is 0. The van der Waals surface area contributed by atoms with Crippen LogP contribution >= 0.6 is 11.3 Å². The third-order valence-corrected chi connectivity index (χ3v) is 6.13. The fraction of sp³-hybridized carbons (Fsp3) is 0.167. The van der Waals surface area contributed by atoms with E-state index in [-0.39, 0.29) is 11.8 Å². The maximum atomic E-state index is 13.4. The average Bonchev–Trinajstić information content (AvgIpc) is 3.27. The molecule has 4 rings (SSSR count). The lowest BCUT2D eigenvalue weighted by molar-refractivity contribution is -0.120. The summed E-state index contributed by atoms with van der Waals surface area (Å²) in [5.41, 5.74) is 6.48. The molecular formula is C24H22N2O2S. The van der Waals surface area contributed by atoms with Crippen molar-refractivity contribution in [2.75, 3.05) is 10.2 Å². The van der Waals surface area contributed by atoms with Crippen molar-refractivity contribution in [3.05, 3.63) is 86.7 Å². The zero-order valence-corrected chi connectivity index (χ0v) is 17.7. The molecule has 29 heavy (non-hydrogen) atoms. The van der Waals surface area contributed by atoms with Gasteiger partial charge in [0.2, 0.25) is 0 Å². The molecule has 2 aromatic carbocycles. The molecule has 0 atom stereocenters. The lowest BCUT2D eigenvalue weighted by Gasteiger charge is -2.17. The Morgan fingerprint density at radius 3 is 2.28 bits per heavy atom. The molecule has 146 valence electrons. The minimum absolute atomic E-state index is 0.298. The van der Waals surface area contributed by atoms with Crippen molar-refractivity contribution >= 4 is 40.1 Å². The van der Waals surface area contributed by atoms with Gasteiger partial charge in [-0.2, -0.15) is 0 Å². The van der Waals surface area contributed by atoms with Gasteiger partial charge in [-0.1, -0.05) is 29.8 Å². The van der Waals surface area contributed by atoms with Crippen molar-refractivity contribution in [1.29, 1.82) is 0 Å². The molecule has 0 saturated carbocycles. The first-order valence-electron chi connectivity index (χ1n) is 9.45. The monoisotopic (exact) mass is 402 g/mol. The highest BCUT2D eigenvalue weighted by Gasteiger charge is 2.40. The second-order valence-electron chi connectivity index (χ2n) is 7.38. The first kappa shape index (κ1) is 19.2. The molecule has 0 radical (unpaired) electrons. The van der Waals surface area contributed by atoms with Crippen LogP contribution in [0.25, 0.3) is 5.57 Å². The predicted molar refractivity (Wildman–Crippen MR) is 119 cm³/mol. The van der Waals surface area contributed by atoms with Crippen LogP contribution in [-0.2, 0) is 9.59 Å². The zero-order valence-electron chi connectivity index (χ0n) is 16.9. The number of aryl methyl sites for hydroxylation is 4. The predicted octanol–water partition coefficient (Wildman–Crippen LogP) is 5.38. The summed E-state index contributed by atoms with van der Waals surface area (Å²) in [5, 5.41) is 5.17. The summed E-state index contributed by atoms with van der Waals surface area (Å²) >= 11 is 1.45. The molecule has 0 bridgehead atoms. The summed E-state index contributed by atoms with van der Waals surface area (Å²) in [7, 11) is 0. The van der Waals surface area contributed by atoms with Gasteiger partial charge in [0.1, 0.15) is 5.70 Å². The smallest absolute Gasteiger partial charge is 0.282 e. The number of nitrogens with zero attached hydrogens (tertiary/aromatic N) is 1. The normalized spacial score (nSPS) is 14.1. The number of rotatable bonds is 4. The lowest BCUT2D eigenvalue weighted by Crippen LogP contribution is -2.32. The Labute approximate surface area is 174 Å². The molecule has 4 nitrogen and oxygen atoms in total. The first-order chi connectivity index (χ1) is 13.9. The molecule has 2 heterocycles. The van der Waals surface area contributed by atoms with Crippen molar-refractivity contribution in [3.63, 3.8) is 0 Å². The lowest BCUT2D eigenvalue weighted by atomic mass is 10.1. The fourth-order valence-electron chi connectivity index (χ4n) is 3.48. The maximum absolute atomic E-state index is 13.4. The van der Waals surface area contributed by atoms with Crippen LogP contribution in [0.5, 0.6) is 0 Å². The molecule has 1 aliphatic heterocycles. The highest BCUT2D eigenvalue weighted by atomic mass is 32.1. The molecule has 0 fully saturated rings. The van der Waals surface area contributed by atoms with Crippen LogP contribution in [0, 0.1) is 27.7 Å². The third-order valence-electron chi connectivity index (χ3n) is 5.24. The van der Waals surface area contributed by atoms with Crippen LogP contribution in [0.2, 0.25) is 0 Å². The standard InChI is InChI=1S/C24H22N2O2S/c1-14-7-10-19(17(4)12-14)25-22-21(20-6-5-11-29-20)23(27)26(24(22)28)18-9-8-15(2)16(3)13-18/h5-13,25H,1-4H3. The van der Waals surface area contributed by atoms with Gasteiger partial charge in [-0.3, -0.25) is 9.59 Å². The van der Waals surface area contributed by atoms with Gasteiger partial charge < -0.3 is 5.32 Å². The maximum Gasteiger partial charge on any atom is 0.282 e. The van der Waals surface area contributed by atoms with Crippen LogP contribution in [0.3, 0.4) is 0 Å². The fourth-order valence-corrected chi connectivity index (χ4v) is 4.25. The number of imide groups is 1. The van der Waals surface area contributed by atoms with Crippen molar-refractivity contribution in [2.24, 2.45) is 0 Å². The molecule has 0 saturated heterocycles. The number of benzene rings is 2. The molecule has 0 unspecified atom stereocenters. The van der Waals surface area contributed by atoms with Crippen LogP contribution in [0.15, 0.2) is 59.6 Å². The van der Waals surface area contributed by atoms with E-state index < -0.39 is 0 Å². The second-order valence-corrected chi connectivity index (χ2v) is 8.33. The van der Waals surface area contributed by atoms with Gasteiger partial charge in [0.25, 0.3) is 11.8 Å². The van der Waals surface area contributed by atoms with Gasteiger partial charge in [-0.15, -0.1) is 11.3 Å². The largest absolute Gasteiger partial charge is 0.350 e. The minimum Gasteiger partial charge on any atom is -0.350 e. The number of carbonyl (C=O) groups is 2. The minimum atomic E-state index is -0.332.